The molecule has 0 saturated heterocycles. The smallest absolute Gasteiger partial charge is 0.412 e. The lowest BCUT2D eigenvalue weighted by Crippen LogP contribution is -2.27. The monoisotopic (exact) mass is 343 g/mol. The lowest BCUT2D eigenvalue weighted by Gasteiger charge is -2.20. The number of aryl methyl sites for hydroxylation is 1. The summed E-state index contributed by atoms with van der Waals surface area (Å²) in [5.74, 6) is -0.879. The number of benzene rings is 1. The highest BCUT2D eigenvalue weighted by molar-refractivity contribution is 9.10. The summed E-state index contributed by atoms with van der Waals surface area (Å²) in [7, 11) is 0. The van der Waals surface area contributed by atoms with Crippen molar-refractivity contribution < 1.29 is 19.4 Å². The summed E-state index contributed by atoms with van der Waals surface area (Å²) in [4.78, 5) is 22.4. The van der Waals surface area contributed by atoms with Gasteiger partial charge in [-0.05, 0) is 44.9 Å². The van der Waals surface area contributed by atoms with Crippen LogP contribution in [0.5, 0.6) is 0 Å². The largest absolute Gasteiger partial charge is 0.481 e. The van der Waals surface area contributed by atoms with Crippen molar-refractivity contribution in [2.45, 2.75) is 39.2 Å². The number of halogens is 1. The van der Waals surface area contributed by atoms with E-state index in [1.807, 2.05) is 0 Å². The van der Waals surface area contributed by atoms with Gasteiger partial charge in [0.1, 0.15) is 5.60 Å². The molecule has 0 aromatic heterocycles. The molecule has 0 bridgehead atoms. The van der Waals surface area contributed by atoms with Gasteiger partial charge in [-0.25, -0.2) is 4.79 Å². The van der Waals surface area contributed by atoms with Crippen LogP contribution in [0.2, 0.25) is 0 Å². The Bertz CT molecular complexity index is 508. The molecule has 0 aliphatic heterocycles. The van der Waals surface area contributed by atoms with Crippen LogP contribution in [0, 0.1) is 0 Å². The highest BCUT2D eigenvalue weighted by Gasteiger charge is 2.17. The van der Waals surface area contributed by atoms with Gasteiger partial charge in [-0.3, -0.25) is 10.1 Å². The Labute approximate surface area is 126 Å². The van der Waals surface area contributed by atoms with Crippen LogP contribution < -0.4 is 5.32 Å². The molecule has 0 saturated carbocycles. The molecule has 0 aliphatic rings. The van der Waals surface area contributed by atoms with Gasteiger partial charge in [0.05, 0.1) is 0 Å². The second kappa shape index (κ2) is 6.74. The summed E-state index contributed by atoms with van der Waals surface area (Å²) in [6, 6.07) is 5.30. The van der Waals surface area contributed by atoms with Crippen molar-refractivity contribution in [3.63, 3.8) is 0 Å². The maximum absolute atomic E-state index is 11.8. The second-order valence-corrected chi connectivity index (χ2v) is 6.24. The van der Waals surface area contributed by atoms with Gasteiger partial charge in [-0.1, -0.05) is 22.0 Å². The maximum Gasteiger partial charge on any atom is 0.412 e. The highest BCUT2D eigenvalue weighted by atomic mass is 79.9. The molecular weight excluding hydrogens is 326 g/mol. The number of aliphatic carboxylic acids is 1. The molecule has 1 aromatic rings. The van der Waals surface area contributed by atoms with Gasteiger partial charge < -0.3 is 9.84 Å². The standard InChI is InChI=1S/C14H18BrNO4/c1-14(2,3)20-13(19)16-11-8-10(15)6-4-9(11)5-7-12(17)18/h4,6,8H,5,7H2,1-3H3,(H,16,19)(H,17,18). The predicted octanol–water partition coefficient (Wildman–Crippen LogP) is 3.81. The minimum absolute atomic E-state index is 0.00459. The van der Waals surface area contributed by atoms with Crippen molar-refractivity contribution >= 4 is 33.7 Å². The zero-order chi connectivity index (χ0) is 15.3. The Morgan fingerprint density at radius 3 is 2.55 bits per heavy atom. The average molecular weight is 344 g/mol. The van der Waals surface area contributed by atoms with E-state index < -0.39 is 17.7 Å². The van der Waals surface area contributed by atoms with Crippen LogP contribution in [0.15, 0.2) is 22.7 Å². The lowest BCUT2D eigenvalue weighted by molar-refractivity contribution is -0.136. The molecule has 6 heteroatoms. The van der Waals surface area contributed by atoms with Crippen LogP contribution in [0.4, 0.5) is 10.5 Å². The number of carbonyl (C=O) groups is 2. The first-order valence-corrected chi connectivity index (χ1v) is 6.97. The summed E-state index contributed by atoms with van der Waals surface area (Å²) < 4.78 is 5.97. The van der Waals surface area contributed by atoms with E-state index in [9.17, 15) is 9.59 Å². The number of nitrogens with one attached hydrogen (secondary N) is 1. The fourth-order valence-corrected chi connectivity index (χ4v) is 1.90. The van der Waals surface area contributed by atoms with Crippen LogP contribution in [-0.2, 0) is 16.0 Å². The number of rotatable bonds is 4. The zero-order valence-corrected chi connectivity index (χ0v) is 13.3. The average Bonchev–Trinajstić information content (AvgIpc) is 2.24. The van der Waals surface area contributed by atoms with Gasteiger partial charge in [0, 0.05) is 16.6 Å². The fraction of sp³-hybridized carbons (Fsp3) is 0.429. The van der Waals surface area contributed by atoms with Crippen LogP contribution >= 0.6 is 15.9 Å². The second-order valence-electron chi connectivity index (χ2n) is 5.32. The van der Waals surface area contributed by atoms with Crippen molar-refractivity contribution in [1.29, 1.82) is 0 Å². The van der Waals surface area contributed by atoms with Crippen LogP contribution in [0.3, 0.4) is 0 Å². The molecule has 0 aliphatic carbocycles. The summed E-state index contributed by atoms with van der Waals surface area (Å²) in [6.45, 7) is 5.33. The normalized spacial score (nSPS) is 11.0. The molecule has 0 unspecified atom stereocenters. The summed E-state index contributed by atoms with van der Waals surface area (Å²) >= 11 is 3.32. The number of ether oxygens (including phenoxy) is 1. The van der Waals surface area contributed by atoms with E-state index in [-0.39, 0.29) is 6.42 Å². The van der Waals surface area contributed by atoms with Gasteiger partial charge in [-0.15, -0.1) is 0 Å². The van der Waals surface area contributed by atoms with Gasteiger partial charge in [0.25, 0.3) is 0 Å². The molecule has 5 nitrogen and oxygen atoms in total. The molecule has 0 radical (unpaired) electrons. The molecule has 1 rings (SSSR count). The van der Waals surface area contributed by atoms with Gasteiger partial charge in [0.15, 0.2) is 0 Å². The van der Waals surface area contributed by atoms with E-state index in [1.165, 1.54) is 0 Å². The van der Waals surface area contributed by atoms with Gasteiger partial charge in [-0.2, -0.15) is 0 Å². The topological polar surface area (TPSA) is 75.6 Å². The minimum atomic E-state index is -0.879. The van der Waals surface area contributed by atoms with E-state index in [1.54, 1.807) is 39.0 Å². The third kappa shape index (κ3) is 6.06. The number of amides is 1. The Kier molecular flexibility index (Phi) is 5.56. The number of carboxylic acid groups (broad SMARTS) is 1. The van der Waals surface area contributed by atoms with E-state index in [2.05, 4.69) is 21.2 Å². The van der Waals surface area contributed by atoms with E-state index in [0.717, 1.165) is 10.0 Å². The number of hydrogen-bond donors (Lipinski definition) is 2. The first-order chi connectivity index (χ1) is 9.17. The highest BCUT2D eigenvalue weighted by Crippen LogP contribution is 2.23. The van der Waals surface area contributed by atoms with Crippen LogP contribution in [0.25, 0.3) is 0 Å². The van der Waals surface area contributed by atoms with Crippen molar-refractivity contribution in [2.75, 3.05) is 5.32 Å². The number of carboxylic acids is 1. The quantitative estimate of drug-likeness (QED) is 0.871. The lowest BCUT2D eigenvalue weighted by atomic mass is 10.1. The minimum Gasteiger partial charge on any atom is -0.481 e. The summed E-state index contributed by atoms with van der Waals surface area (Å²) in [5.41, 5.74) is 0.716. The predicted molar refractivity (Wildman–Crippen MR) is 80.0 cm³/mol. The van der Waals surface area contributed by atoms with Crippen molar-refractivity contribution in [3.05, 3.63) is 28.2 Å². The SMILES string of the molecule is CC(C)(C)OC(=O)Nc1cc(Br)ccc1CCC(=O)O. The molecule has 1 aromatic carbocycles. The van der Waals surface area contributed by atoms with E-state index >= 15 is 0 Å². The fourth-order valence-electron chi connectivity index (χ4n) is 1.54. The molecule has 0 atom stereocenters. The Morgan fingerprint density at radius 1 is 1.35 bits per heavy atom. The molecule has 2 N–H and O–H groups in total. The Balaban J connectivity index is 2.84. The van der Waals surface area contributed by atoms with Crippen molar-refractivity contribution in [1.82, 2.24) is 0 Å². The maximum atomic E-state index is 11.8. The molecule has 0 fully saturated rings. The Morgan fingerprint density at radius 2 is 2.00 bits per heavy atom. The number of carbonyl (C=O) groups excluding carboxylic acids is 1. The molecule has 0 heterocycles. The molecule has 110 valence electrons. The molecular formula is C14H18BrNO4. The third-order valence-electron chi connectivity index (χ3n) is 2.32. The molecule has 0 spiro atoms. The van der Waals surface area contributed by atoms with Crippen molar-refractivity contribution in [2.24, 2.45) is 0 Å². The third-order valence-corrected chi connectivity index (χ3v) is 2.81. The van der Waals surface area contributed by atoms with E-state index in [4.69, 9.17) is 9.84 Å². The molecule has 20 heavy (non-hydrogen) atoms. The van der Waals surface area contributed by atoms with Crippen LogP contribution in [0.1, 0.15) is 32.8 Å². The first kappa shape index (κ1) is 16.5. The van der Waals surface area contributed by atoms with Gasteiger partial charge in [0.2, 0.25) is 0 Å². The number of anilines is 1. The van der Waals surface area contributed by atoms with Crippen LogP contribution in [-0.4, -0.2) is 22.8 Å². The molecule has 1 amide bonds. The zero-order valence-electron chi connectivity index (χ0n) is 11.7. The number of hydrogen-bond acceptors (Lipinski definition) is 3. The van der Waals surface area contributed by atoms with E-state index in [0.29, 0.717) is 12.1 Å². The first-order valence-electron chi connectivity index (χ1n) is 6.17. The summed E-state index contributed by atoms with van der Waals surface area (Å²) in [6.07, 6.45) is -0.217. The van der Waals surface area contributed by atoms with Crippen molar-refractivity contribution in [3.8, 4) is 0 Å². The van der Waals surface area contributed by atoms with Gasteiger partial charge >= 0.3 is 12.1 Å². The Hall–Kier alpha value is -1.56. The summed E-state index contributed by atoms with van der Waals surface area (Å²) in [5, 5.41) is 11.4.